The fraction of sp³-hybridized carbons (Fsp3) is 0.261. The largest absolute Gasteiger partial charge is 0.495 e. The van der Waals surface area contributed by atoms with E-state index < -0.39 is 17.8 Å². The van der Waals surface area contributed by atoms with Crippen molar-refractivity contribution in [3.05, 3.63) is 44.0 Å². The third-order valence-electron chi connectivity index (χ3n) is 4.73. The summed E-state index contributed by atoms with van der Waals surface area (Å²) in [6, 6.07) is 5.29. The van der Waals surface area contributed by atoms with Crippen LogP contribution in [0.2, 0.25) is 5.02 Å². The van der Waals surface area contributed by atoms with Gasteiger partial charge in [-0.05, 0) is 60.2 Å². The van der Waals surface area contributed by atoms with Gasteiger partial charge in [0.2, 0.25) is 0 Å². The number of carbonyl (C=O) groups excluding carboxylic acids is 3. The number of nitrogens with one attached hydrogen (secondary N) is 1. The molecule has 1 saturated heterocycles. The second-order valence-corrected chi connectivity index (χ2v) is 8.38. The van der Waals surface area contributed by atoms with Crippen molar-refractivity contribution < 1.29 is 33.3 Å². The van der Waals surface area contributed by atoms with Gasteiger partial charge in [-0.15, -0.1) is 0 Å². The van der Waals surface area contributed by atoms with Crippen LogP contribution in [0, 0.1) is 3.57 Å². The topological polar surface area (TPSA) is 103 Å². The lowest BCUT2D eigenvalue weighted by molar-refractivity contribution is -0.122. The van der Waals surface area contributed by atoms with E-state index in [9.17, 15) is 14.4 Å². The molecular weight excluding hydrogens is 579 g/mol. The second-order valence-electron chi connectivity index (χ2n) is 6.81. The summed E-state index contributed by atoms with van der Waals surface area (Å²) in [6.07, 6.45) is 1.39. The number of halogens is 2. The van der Waals surface area contributed by atoms with E-state index in [0.717, 1.165) is 8.47 Å². The van der Waals surface area contributed by atoms with E-state index in [1.165, 1.54) is 32.4 Å². The summed E-state index contributed by atoms with van der Waals surface area (Å²) in [4.78, 5) is 39.4. The van der Waals surface area contributed by atoms with Crippen LogP contribution in [0.5, 0.6) is 23.0 Å². The first-order chi connectivity index (χ1) is 16.2. The summed E-state index contributed by atoms with van der Waals surface area (Å²) in [7, 11) is 2.76. The summed E-state index contributed by atoms with van der Waals surface area (Å²) in [5.41, 5.74) is 0.337. The fourth-order valence-electron chi connectivity index (χ4n) is 3.28. The highest BCUT2D eigenvalue weighted by Gasteiger charge is 2.38. The molecule has 1 fully saturated rings. The molecule has 34 heavy (non-hydrogen) atoms. The van der Waals surface area contributed by atoms with Crippen LogP contribution in [0.4, 0.5) is 10.5 Å². The molecule has 0 radical (unpaired) electrons. The van der Waals surface area contributed by atoms with E-state index in [1.807, 2.05) is 13.8 Å². The number of amides is 4. The third kappa shape index (κ3) is 5.07. The lowest BCUT2D eigenvalue weighted by Gasteiger charge is -2.28. The molecule has 0 spiro atoms. The van der Waals surface area contributed by atoms with E-state index in [2.05, 4.69) is 27.9 Å². The minimum atomic E-state index is -0.925. The molecule has 2 aromatic rings. The molecule has 0 bridgehead atoms. The van der Waals surface area contributed by atoms with Crippen LogP contribution in [0.25, 0.3) is 6.08 Å². The van der Waals surface area contributed by atoms with Crippen LogP contribution < -0.4 is 29.2 Å². The van der Waals surface area contributed by atoms with Gasteiger partial charge in [0.25, 0.3) is 11.8 Å². The van der Waals surface area contributed by atoms with Gasteiger partial charge in [0, 0.05) is 12.1 Å². The van der Waals surface area contributed by atoms with Gasteiger partial charge in [-0.3, -0.25) is 14.9 Å². The number of imide groups is 2. The SMILES string of the molecule is CCOc1cc(/C=C2\C(=O)NC(=O)N(c3cc(OC)c(Cl)cc3OC)C2=O)cc(I)c1OCC. The predicted molar refractivity (Wildman–Crippen MR) is 135 cm³/mol. The van der Waals surface area contributed by atoms with Crippen molar-refractivity contribution in [3.63, 3.8) is 0 Å². The Morgan fingerprint density at radius 2 is 1.65 bits per heavy atom. The average molecular weight is 601 g/mol. The highest BCUT2D eigenvalue weighted by atomic mass is 127. The minimum Gasteiger partial charge on any atom is -0.495 e. The van der Waals surface area contributed by atoms with Gasteiger partial charge < -0.3 is 18.9 Å². The van der Waals surface area contributed by atoms with Crippen LogP contribution in [-0.2, 0) is 9.59 Å². The van der Waals surface area contributed by atoms with E-state index >= 15 is 0 Å². The number of hydrogen-bond acceptors (Lipinski definition) is 7. The fourth-order valence-corrected chi connectivity index (χ4v) is 4.29. The third-order valence-corrected chi connectivity index (χ3v) is 5.82. The number of urea groups is 1. The van der Waals surface area contributed by atoms with Crippen LogP contribution >= 0.6 is 34.2 Å². The van der Waals surface area contributed by atoms with Crippen molar-refractivity contribution in [3.8, 4) is 23.0 Å². The Labute approximate surface area is 215 Å². The molecule has 0 atom stereocenters. The number of rotatable bonds is 8. The summed E-state index contributed by atoms with van der Waals surface area (Å²) >= 11 is 8.23. The van der Waals surface area contributed by atoms with Crippen molar-refractivity contribution in [2.75, 3.05) is 32.3 Å². The maximum Gasteiger partial charge on any atom is 0.336 e. The van der Waals surface area contributed by atoms with Gasteiger partial charge in [0.05, 0.1) is 41.7 Å². The Morgan fingerprint density at radius 1 is 0.971 bits per heavy atom. The summed E-state index contributed by atoms with van der Waals surface area (Å²) in [6.45, 7) is 4.54. The standard InChI is InChI=1S/C23H22ClIN2O7/c1-5-33-19-9-12(8-15(25)20(19)34-6-2)7-13-21(28)26-23(30)27(22(13)29)16-11-17(31-3)14(24)10-18(16)32-4/h7-11H,5-6H2,1-4H3,(H,26,28,30)/b13-7+. The predicted octanol–water partition coefficient (Wildman–Crippen LogP) is 4.43. The van der Waals surface area contributed by atoms with Crippen molar-refractivity contribution in [1.82, 2.24) is 5.32 Å². The number of benzene rings is 2. The Morgan fingerprint density at radius 3 is 2.26 bits per heavy atom. The van der Waals surface area contributed by atoms with Crippen molar-refractivity contribution in [2.24, 2.45) is 0 Å². The van der Waals surface area contributed by atoms with Crippen LogP contribution in [-0.4, -0.2) is 45.3 Å². The molecule has 11 heteroatoms. The molecular formula is C23H22ClIN2O7. The molecule has 0 aliphatic carbocycles. The van der Waals surface area contributed by atoms with Gasteiger partial charge in [-0.2, -0.15) is 0 Å². The molecule has 1 N–H and O–H groups in total. The molecule has 1 aliphatic heterocycles. The summed E-state index contributed by atoms with van der Waals surface area (Å²) in [5, 5.41) is 2.42. The molecule has 0 unspecified atom stereocenters. The second kappa shape index (κ2) is 11.0. The zero-order valence-corrected chi connectivity index (χ0v) is 21.8. The number of barbiturate groups is 1. The number of anilines is 1. The first kappa shape index (κ1) is 25.6. The maximum absolute atomic E-state index is 13.4. The quantitative estimate of drug-likeness (QED) is 0.272. The average Bonchev–Trinajstić information content (AvgIpc) is 2.79. The van der Waals surface area contributed by atoms with Gasteiger partial charge in [-0.25, -0.2) is 9.69 Å². The molecule has 180 valence electrons. The summed E-state index contributed by atoms with van der Waals surface area (Å²) < 4.78 is 22.6. The van der Waals surface area contributed by atoms with E-state index in [0.29, 0.717) is 30.3 Å². The van der Waals surface area contributed by atoms with Gasteiger partial charge in [0.1, 0.15) is 17.1 Å². The molecule has 4 amide bonds. The normalized spacial score (nSPS) is 14.8. The highest BCUT2D eigenvalue weighted by molar-refractivity contribution is 14.1. The molecule has 1 aliphatic rings. The number of carbonyl (C=O) groups is 3. The first-order valence-electron chi connectivity index (χ1n) is 10.2. The molecule has 0 saturated carbocycles. The van der Waals surface area contributed by atoms with E-state index in [1.54, 1.807) is 12.1 Å². The van der Waals surface area contributed by atoms with Crippen molar-refractivity contribution in [2.45, 2.75) is 13.8 Å². The van der Waals surface area contributed by atoms with Crippen LogP contribution in [0.3, 0.4) is 0 Å². The van der Waals surface area contributed by atoms with Gasteiger partial charge in [-0.1, -0.05) is 11.6 Å². The van der Waals surface area contributed by atoms with Crippen molar-refractivity contribution in [1.29, 1.82) is 0 Å². The lowest BCUT2D eigenvalue weighted by Crippen LogP contribution is -2.54. The molecule has 9 nitrogen and oxygen atoms in total. The Balaban J connectivity index is 2.10. The maximum atomic E-state index is 13.4. The Kier molecular flexibility index (Phi) is 8.26. The van der Waals surface area contributed by atoms with Crippen molar-refractivity contribution >= 4 is 63.8 Å². The molecule has 0 aromatic heterocycles. The zero-order valence-electron chi connectivity index (χ0n) is 18.9. The number of methoxy groups -OCH3 is 2. The van der Waals surface area contributed by atoms with E-state index in [-0.39, 0.29) is 27.8 Å². The first-order valence-corrected chi connectivity index (χ1v) is 11.6. The lowest BCUT2D eigenvalue weighted by atomic mass is 10.1. The highest BCUT2D eigenvalue weighted by Crippen LogP contribution is 2.40. The number of hydrogen-bond donors (Lipinski definition) is 1. The Bertz CT molecular complexity index is 1180. The summed E-state index contributed by atoms with van der Waals surface area (Å²) in [5.74, 6) is -0.239. The molecule has 1 heterocycles. The van der Waals surface area contributed by atoms with Crippen LogP contribution in [0.1, 0.15) is 19.4 Å². The van der Waals surface area contributed by atoms with E-state index in [4.69, 9.17) is 30.5 Å². The minimum absolute atomic E-state index is 0.0703. The van der Waals surface area contributed by atoms with Crippen LogP contribution in [0.15, 0.2) is 29.8 Å². The molecule has 3 rings (SSSR count). The Hall–Kier alpha value is -2.99. The smallest absolute Gasteiger partial charge is 0.336 e. The van der Waals surface area contributed by atoms with Gasteiger partial charge >= 0.3 is 6.03 Å². The monoisotopic (exact) mass is 600 g/mol. The van der Waals surface area contributed by atoms with Gasteiger partial charge in [0.15, 0.2) is 11.5 Å². The number of nitrogens with zero attached hydrogens (tertiary/aromatic N) is 1. The zero-order chi connectivity index (χ0) is 25.0. The molecule has 2 aromatic carbocycles. The number of ether oxygens (including phenoxy) is 4.